The summed E-state index contributed by atoms with van der Waals surface area (Å²) in [4.78, 5) is 18.8. The van der Waals surface area contributed by atoms with E-state index < -0.39 is 0 Å². The van der Waals surface area contributed by atoms with Crippen LogP contribution in [0.5, 0.6) is 0 Å². The average Bonchev–Trinajstić information content (AvgIpc) is 2.48. The number of hydrogen-bond acceptors (Lipinski definition) is 4. The zero-order valence-corrected chi connectivity index (χ0v) is 13.1. The number of carbonyl (C=O) groups is 1. The number of anilines is 2. The fraction of sp³-hybridized carbons (Fsp3) is 0.562. The number of piperazine rings is 1. The molecular formula is C16H26N4O. The van der Waals surface area contributed by atoms with E-state index in [1.165, 1.54) is 0 Å². The summed E-state index contributed by atoms with van der Waals surface area (Å²) >= 11 is 0. The maximum Gasteiger partial charge on any atom is 0.242 e. The Bertz CT molecular complexity index is 452. The highest BCUT2D eigenvalue weighted by Crippen LogP contribution is 2.17. The molecule has 2 rings (SSSR count). The number of hydrogen-bond donors (Lipinski definition) is 1. The quantitative estimate of drug-likeness (QED) is 0.830. The maximum absolute atomic E-state index is 12.5. The molecule has 1 aromatic rings. The first-order valence-electron chi connectivity index (χ1n) is 7.67. The van der Waals surface area contributed by atoms with Crippen LogP contribution in [0.1, 0.15) is 13.3 Å². The number of carbonyl (C=O) groups excluding carboxylic acids is 1. The molecule has 0 saturated carbocycles. The Balaban J connectivity index is 1.98. The lowest BCUT2D eigenvalue weighted by molar-refractivity contribution is -0.131. The smallest absolute Gasteiger partial charge is 0.242 e. The monoisotopic (exact) mass is 290 g/mol. The molecule has 0 bridgehead atoms. The van der Waals surface area contributed by atoms with Gasteiger partial charge in [0.1, 0.15) is 0 Å². The Morgan fingerprint density at radius 3 is 2.38 bits per heavy atom. The van der Waals surface area contributed by atoms with Crippen molar-refractivity contribution in [1.29, 1.82) is 0 Å². The normalized spacial score (nSPS) is 16.0. The first-order valence-corrected chi connectivity index (χ1v) is 7.67. The van der Waals surface area contributed by atoms with E-state index in [1.807, 2.05) is 29.2 Å². The van der Waals surface area contributed by atoms with E-state index in [1.54, 1.807) is 0 Å². The Morgan fingerprint density at radius 1 is 1.19 bits per heavy atom. The molecule has 1 aliphatic heterocycles. The number of nitrogen functional groups attached to an aromatic ring is 1. The topological polar surface area (TPSA) is 52.8 Å². The molecule has 21 heavy (non-hydrogen) atoms. The molecule has 1 saturated heterocycles. The molecular weight excluding hydrogens is 264 g/mol. The molecule has 1 aromatic carbocycles. The van der Waals surface area contributed by atoms with Crippen molar-refractivity contribution < 1.29 is 4.79 Å². The van der Waals surface area contributed by atoms with Crippen molar-refractivity contribution >= 4 is 17.3 Å². The van der Waals surface area contributed by atoms with Crippen LogP contribution in [0.2, 0.25) is 0 Å². The van der Waals surface area contributed by atoms with Crippen LogP contribution in [-0.2, 0) is 4.79 Å². The minimum Gasteiger partial charge on any atom is -0.399 e. The first kappa shape index (κ1) is 15.6. The van der Waals surface area contributed by atoms with Crippen LogP contribution in [0.4, 0.5) is 11.4 Å². The van der Waals surface area contributed by atoms with E-state index in [4.69, 9.17) is 5.73 Å². The third kappa shape index (κ3) is 4.36. The van der Waals surface area contributed by atoms with Crippen molar-refractivity contribution in [3.05, 3.63) is 24.3 Å². The van der Waals surface area contributed by atoms with Gasteiger partial charge in [-0.15, -0.1) is 0 Å². The second kappa shape index (κ2) is 7.31. The predicted octanol–water partition coefficient (Wildman–Crippen LogP) is 1.26. The lowest BCUT2D eigenvalue weighted by Gasteiger charge is -2.34. The van der Waals surface area contributed by atoms with E-state index in [0.717, 1.165) is 50.5 Å². The van der Waals surface area contributed by atoms with E-state index >= 15 is 0 Å². The van der Waals surface area contributed by atoms with Crippen molar-refractivity contribution in [2.45, 2.75) is 13.3 Å². The van der Waals surface area contributed by atoms with Gasteiger partial charge in [0.15, 0.2) is 0 Å². The fourth-order valence-corrected chi connectivity index (χ4v) is 2.57. The lowest BCUT2D eigenvalue weighted by Crippen LogP contribution is -2.50. The Kier molecular flexibility index (Phi) is 5.44. The van der Waals surface area contributed by atoms with Crippen molar-refractivity contribution in [2.75, 3.05) is 56.9 Å². The standard InChI is InChI=1S/C16H26N4O/c1-3-8-20(15-6-4-14(17)5-7-15)13-16(21)19-11-9-18(2)10-12-19/h4-7H,3,8-13,17H2,1-2H3. The van der Waals surface area contributed by atoms with Crippen molar-refractivity contribution in [1.82, 2.24) is 9.80 Å². The van der Waals surface area contributed by atoms with Crippen LogP contribution in [0, 0.1) is 0 Å². The summed E-state index contributed by atoms with van der Waals surface area (Å²) in [6.07, 6.45) is 1.01. The van der Waals surface area contributed by atoms with E-state index in [-0.39, 0.29) is 5.91 Å². The maximum atomic E-state index is 12.5. The third-order valence-electron chi connectivity index (χ3n) is 3.93. The van der Waals surface area contributed by atoms with Gasteiger partial charge in [0, 0.05) is 44.1 Å². The number of benzene rings is 1. The summed E-state index contributed by atoms with van der Waals surface area (Å²) in [5, 5.41) is 0. The molecule has 0 radical (unpaired) electrons. The molecule has 1 heterocycles. The molecule has 2 N–H and O–H groups in total. The number of nitrogens with zero attached hydrogens (tertiary/aromatic N) is 3. The molecule has 0 aromatic heterocycles. The van der Waals surface area contributed by atoms with Gasteiger partial charge in [-0.05, 0) is 37.7 Å². The first-order chi connectivity index (χ1) is 10.1. The van der Waals surface area contributed by atoms with Crippen LogP contribution >= 0.6 is 0 Å². The van der Waals surface area contributed by atoms with Crippen molar-refractivity contribution in [3.8, 4) is 0 Å². The van der Waals surface area contributed by atoms with Gasteiger partial charge < -0.3 is 20.4 Å². The van der Waals surface area contributed by atoms with Crippen LogP contribution in [0.15, 0.2) is 24.3 Å². The van der Waals surface area contributed by atoms with E-state index in [9.17, 15) is 4.79 Å². The largest absolute Gasteiger partial charge is 0.399 e. The molecule has 5 nitrogen and oxygen atoms in total. The SMILES string of the molecule is CCCN(CC(=O)N1CCN(C)CC1)c1ccc(N)cc1. The number of likely N-dealkylation sites (N-methyl/N-ethyl adjacent to an activating group) is 1. The number of amides is 1. The highest BCUT2D eigenvalue weighted by molar-refractivity contribution is 5.81. The zero-order valence-electron chi connectivity index (χ0n) is 13.1. The van der Waals surface area contributed by atoms with E-state index in [0.29, 0.717) is 6.54 Å². The van der Waals surface area contributed by atoms with Crippen LogP contribution in [0.25, 0.3) is 0 Å². The predicted molar refractivity (Wildman–Crippen MR) is 87.4 cm³/mol. The van der Waals surface area contributed by atoms with Crippen molar-refractivity contribution in [3.63, 3.8) is 0 Å². The van der Waals surface area contributed by atoms with Gasteiger partial charge in [0.2, 0.25) is 5.91 Å². The van der Waals surface area contributed by atoms with Gasteiger partial charge in [-0.2, -0.15) is 0 Å². The Morgan fingerprint density at radius 2 is 1.81 bits per heavy atom. The van der Waals surface area contributed by atoms with Crippen LogP contribution in [0.3, 0.4) is 0 Å². The van der Waals surface area contributed by atoms with Gasteiger partial charge in [0.25, 0.3) is 0 Å². The van der Waals surface area contributed by atoms with Gasteiger partial charge in [-0.3, -0.25) is 4.79 Å². The molecule has 0 unspecified atom stereocenters. The second-order valence-corrected chi connectivity index (χ2v) is 5.70. The highest BCUT2D eigenvalue weighted by atomic mass is 16.2. The van der Waals surface area contributed by atoms with Crippen LogP contribution in [-0.4, -0.2) is 62.0 Å². The fourth-order valence-electron chi connectivity index (χ4n) is 2.57. The molecule has 1 fully saturated rings. The van der Waals surface area contributed by atoms with Gasteiger partial charge >= 0.3 is 0 Å². The average molecular weight is 290 g/mol. The molecule has 116 valence electrons. The molecule has 0 spiro atoms. The van der Waals surface area contributed by atoms with E-state index in [2.05, 4.69) is 23.8 Å². The van der Waals surface area contributed by atoms with Crippen LogP contribution < -0.4 is 10.6 Å². The highest BCUT2D eigenvalue weighted by Gasteiger charge is 2.21. The summed E-state index contributed by atoms with van der Waals surface area (Å²) in [5.74, 6) is 0.216. The summed E-state index contributed by atoms with van der Waals surface area (Å²) in [6.45, 7) is 7.03. The molecule has 5 heteroatoms. The molecule has 1 aliphatic rings. The summed E-state index contributed by atoms with van der Waals surface area (Å²) in [5.41, 5.74) is 7.55. The zero-order chi connectivity index (χ0) is 15.2. The number of nitrogens with two attached hydrogens (primary N) is 1. The summed E-state index contributed by atoms with van der Waals surface area (Å²) in [7, 11) is 2.10. The third-order valence-corrected chi connectivity index (χ3v) is 3.93. The molecule has 0 atom stereocenters. The second-order valence-electron chi connectivity index (χ2n) is 5.70. The summed E-state index contributed by atoms with van der Waals surface area (Å²) in [6, 6.07) is 7.75. The Hall–Kier alpha value is -1.75. The van der Waals surface area contributed by atoms with Gasteiger partial charge in [-0.25, -0.2) is 0 Å². The van der Waals surface area contributed by atoms with Gasteiger partial charge in [-0.1, -0.05) is 6.92 Å². The number of rotatable bonds is 5. The summed E-state index contributed by atoms with van der Waals surface area (Å²) < 4.78 is 0. The molecule has 0 aliphatic carbocycles. The van der Waals surface area contributed by atoms with Gasteiger partial charge in [0.05, 0.1) is 6.54 Å². The minimum atomic E-state index is 0.216. The molecule has 1 amide bonds. The Labute approximate surface area is 127 Å². The van der Waals surface area contributed by atoms with Crippen molar-refractivity contribution in [2.24, 2.45) is 0 Å². The minimum absolute atomic E-state index is 0.216. The lowest BCUT2D eigenvalue weighted by atomic mass is 10.2.